The van der Waals surface area contributed by atoms with E-state index in [1.807, 2.05) is 54.6 Å². The number of fused-ring (bicyclic) bond motifs is 6. The number of benzene rings is 9. The van der Waals surface area contributed by atoms with Crippen LogP contribution in [0.1, 0.15) is 0 Å². The molecule has 306 valence electrons. The van der Waals surface area contributed by atoms with Crippen LogP contribution in [0.25, 0.3) is 89.2 Å². The molecule has 0 saturated heterocycles. The lowest BCUT2D eigenvalue weighted by Gasteiger charge is -2.37. The van der Waals surface area contributed by atoms with E-state index < -0.39 is 0 Å². The summed E-state index contributed by atoms with van der Waals surface area (Å²) in [6.45, 7) is -0.0862. The minimum atomic E-state index is -0.0862. The molecule has 3 aliphatic heterocycles. The number of nitrogens with zero attached hydrogens (tertiary/aromatic N) is 5. The fourth-order valence-electron chi connectivity index (χ4n) is 10.8. The Labute approximate surface area is 377 Å². The molecule has 0 unspecified atom stereocenters. The molecule has 8 nitrogen and oxygen atoms in total. The fraction of sp³-hybridized carbons (Fsp3) is 0. The average Bonchev–Trinajstić information content (AvgIpc) is 3.90. The van der Waals surface area contributed by atoms with Gasteiger partial charge in [0.05, 0.1) is 33.4 Å². The lowest BCUT2D eigenvalue weighted by molar-refractivity contribution is 0.442. The molecule has 15 rings (SSSR count). The van der Waals surface area contributed by atoms with Crippen LogP contribution in [0.5, 0.6) is 34.5 Å². The van der Waals surface area contributed by atoms with Crippen molar-refractivity contribution in [1.29, 1.82) is 0 Å². The van der Waals surface area contributed by atoms with Crippen LogP contribution >= 0.6 is 0 Å². The first-order valence-electron chi connectivity index (χ1n) is 22.1. The molecule has 6 heterocycles. The number of para-hydroxylation sites is 5. The van der Waals surface area contributed by atoms with Gasteiger partial charge in [0.2, 0.25) is 0 Å². The van der Waals surface area contributed by atoms with Gasteiger partial charge in [-0.2, -0.15) is 0 Å². The molecule has 0 radical (unpaired) electrons. The Balaban J connectivity index is 0.983. The van der Waals surface area contributed by atoms with E-state index in [4.69, 9.17) is 29.2 Å². The highest BCUT2D eigenvalue weighted by Crippen LogP contribution is 2.45. The molecular weight excluding hydrogens is 813 g/mol. The predicted octanol–water partition coefficient (Wildman–Crippen LogP) is 11.9. The van der Waals surface area contributed by atoms with Gasteiger partial charge >= 0.3 is 0 Å². The van der Waals surface area contributed by atoms with Crippen LogP contribution in [0.15, 0.2) is 194 Å². The second-order valence-corrected chi connectivity index (χ2v) is 17.0. The molecule has 0 spiro atoms. The van der Waals surface area contributed by atoms with Crippen molar-refractivity contribution < 1.29 is 14.2 Å². The summed E-state index contributed by atoms with van der Waals surface area (Å²) in [5, 5.41) is 4.55. The smallest absolute Gasteiger partial charge is 0.270 e. The van der Waals surface area contributed by atoms with Crippen LogP contribution in [-0.4, -0.2) is 30.8 Å². The van der Waals surface area contributed by atoms with E-state index >= 15 is 0 Å². The first-order valence-corrected chi connectivity index (χ1v) is 22.1. The minimum absolute atomic E-state index is 0.0862. The SMILES string of the molecule is c1ccc(-c2nc(-c3ccccc3-n3c4ccccc4c4ccccc43)nc(-c3cccc4c5ccccc5n(-c5cc6c7c(c5)Oc5cccc8c5B7c5c(cccc5O6)O8)c34)n2)cc1. The van der Waals surface area contributed by atoms with Crippen molar-refractivity contribution in [2.45, 2.75) is 0 Å². The van der Waals surface area contributed by atoms with Crippen molar-refractivity contribution in [3.8, 4) is 80.0 Å². The van der Waals surface area contributed by atoms with Crippen LogP contribution in [0.4, 0.5) is 0 Å². The van der Waals surface area contributed by atoms with E-state index in [1.54, 1.807) is 0 Å². The molecule has 0 fully saturated rings. The van der Waals surface area contributed by atoms with Gasteiger partial charge < -0.3 is 23.3 Å². The molecule has 0 amide bonds. The normalized spacial score (nSPS) is 12.9. The van der Waals surface area contributed by atoms with Crippen molar-refractivity contribution in [3.05, 3.63) is 194 Å². The molecule has 0 saturated carbocycles. The van der Waals surface area contributed by atoms with Crippen molar-refractivity contribution in [1.82, 2.24) is 24.1 Å². The van der Waals surface area contributed by atoms with Crippen molar-refractivity contribution in [2.24, 2.45) is 0 Å². The summed E-state index contributed by atoms with van der Waals surface area (Å²) in [6, 6.07) is 67.0. The quantitative estimate of drug-likeness (QED) is 0.161. The van der Waals surface area contributed by atoms with Gasteiger partial charge in [-0.15, -0.1) is 0 Å². The first kappa shape index (κ1) is 35.5. The summed E-state index contributed by atoms with van der Waals surface area (Å²) in [5.74, 6) is 6.39. The standard InChI is InChI=1S/C57H32BN5O3/c1-2-15-33(16-3-1)55-59-56(39-20-7-11-26-44(39)63-42-24-9-4-17-35(42)36-18-5-10-25-43(36)63)61-57(60-55)40-22-12-21-38-37-19-6-8-23-41(37)62(54(38)40)34-31-49-53-50(32-34)66-48-30-14-28-46-52(48)58(53)51-45(64-46)27-13-29-47(51)65-49/h1-32H. The summed E-state index contributed by atoms with van der Waals surface area (Å²) in [5.41, 5.74) is 11.8. The molecule has 66 heavy (non-hydrogen) atoms. The van der Waals surface area contributed by atoms with Gasteiger partial charge in [-0.3, -0.25) is 0 Å². The number of hydrogen-bond acceptors (Lipinski definition) is 6. The Bertz CT molecular complexity index is 3940. The van der Waals surface area contributed by atoms with Crippen molar-refractivity contribution in [2.75, 3.05) is 0 Å². The lowest BCUT2D eigenvalue weighted by atomic mass is 9.34. The Hall–Kier alpha value is -8.95. The number of aromatic nitrogens is 5. The van der Waals surface area contributed by atoms with E-state index in [2.05, 4.69) is 149 Å². The highest BCUT2D eigenvalue weighted by molar-refractivity contribution is 6.99. The second kappa shape index (κ2) is 13.3. The number of rotatable bonds is 5. The van der Waals surface area contributed by atoms with Gasteiger partial charge in [0.1, 0.15) is 34.5 Å². The van der Waals surface area contributed by atoms with Crippen LogP contribution in [0, 0.1) is 0 Å². The Morgan fingerprint density at radius 1 is 0.348 bits per heavy atom. The molecule has 0 bridgehead atoms. The van der Waals surface area contributed by atoms with Crippen LogP contribution in [-0.2, 0) is 0 Å². The lowest BCUT2D eigenvalue weighted by Crippen LogP contribution is -2.59. The molecule has 0 atom stereocenters. The summed E-state index contributed by atoms with van der Waals surface area (Å²) >= 11 is 0. The van der Waals surface area contributed by atoms with Crippen molar-refractivity contribution >= 4 is 66.7 Å². The molecule has 9 heteroatoms. The zero-order chi connectivity index (χ0) is 43.0. The topological polar surface area (TPSA) is 76.2 Å². The third-order valence-electron chi connectivity index (χ3n) is 13.5. The van der Waals surface area contributed by atoms with E-state index in [9.17, 15) is 0 Å². The Morgan fingerprint density at radius 3 is 1.42 bits per heavy atom. The van der Waals surface area contributed by atoms with Crippen LogP contribution in [0.2, 0.25) is 0 Å². The van der Waals surface area contributed by atoms with Gasteiger partial charge in [-0.25, -0.2) is 15.0 Å². The van der Waals surface area contributed by atoms with E-state index in [1.165, 1.54) is 10.8 Å². The summed E-state index contributed by atoms with van der Waals surface area (Å²) in [7, 11) is 0. The highest BCUT2D eigenvalue weighted by atomic mass is 16.5. The van der Waals surface area contributed by atoms with Crippen molar-refractivity contribution in [3.63, 3.8) is 0 Å². The highest BCUT2D eigenvalue weighted by Gasteiger charge is 2.46. The molecular formula is C57H32BN5O3. The zero-order valence-electron chi connectivity index (χ0n) is 35.0. The maximum absolute atomic E-state index is 6.84. The van der Waals surface area contributed by atoms with E-state index in [-0.39, 0.29) is 6.71 Å². The molecule has 3 aromatic heterocycles. The van der Waals surface area contributed by atoms with E-state index in [0.717, 1.165) is 112 Å². The van der Waals surface area contributed by atoms with Gasteiger partial charge in [-0.05, 0) is 60.7 Å². The third-order valence-corrected chi connectivity index (χ3v) is 13.5. The number of ether oxygens (including phenoxy) is 3. The average molecular weight is 846 g/mol. The first-order chi connectivity index (χ1) is 32.7. The van der Waals surface area contributed by atoms with Gasteiger partial charge in [0.15, 0.2) is 17.5 Å². The minimum Gasteiger partial charge on any atom is -0.458 e. The molecule has 0 N–H and O–H groups in total. The Morgan fingerprint density at radius 2 is 0.788 bits per heavy atom. The predicted molar refractivity (Wildman–Crippen MR) is 263 cm³/mol. The summed E-state index contributed by atoms with van der Waals surface area (Å²) < 4.78 is 24.8. The van der Waals surface area contributed by atoms with E-state index in [0.29, 0.717) is 17.5 Å². The number of hydrogen-bond donors (Lipinski definition) is 0. The molecule has 9 aromatic carbocycles. The van der Waals surface area contributed by atoms with Crippen LogP contribution < -0.4 is 30.6 Å². The van der Waals surface area contributed by atoms with Gasteiger partial charge in [-0.1, -0.05) is 121 Å². The second-order valence-electron chi connectivity index (χ2n) is 17.0. The molecule has 0 aliphatic carbocycles. The summed E-state index contributed by atoms with van der Waals surface area (Å²) in [6.07, 6.45) is 0. The van der Waals surface area contributed by atoms with Gasteiger partial charge in [0.25, 0.3) is 6.71 Å². The summed E-state index contributed by atoms with van der Waals surface area (Å²) in [4.78, 5) is 16.1. The van der Waals surface area contributed by atoms with Crippen LogP contribution in [0.3, 0.4) is 0 Å². The van der Waals surface area contributed by atoms with Gasteiger partial charge in [0, 0.05) is 66.8 Å². The Kier molecular flexibility index (Phi) is 7.15. The third kappa shape index (κ3) is 4.91. The largest absolute Gasteiger partial charge is 0.458 e. The maximum Gasteiger partial charge on any atom is 0.270 e. The molecule has 3 aliphatic rings. The maximum atomic E-state index is 6.84. The zero-order valence-corrected chi connectivity index (χ0v) is 35.0. The fourth-order valence-corrected chi connectivity index (χ4v) is 10.8. The monoisotopic (exact) mass is 845 g/mol. The molecule has 12 aromatic rings.